The zero-order valence-electron chi connectivity index (χ0n) is 12.3. The van der Waals surface area contributed by atoms with Crippen LogP contribution in [0.4, 0.5) is 0 Å². The van der Waals surface area contributed by atoms with Crippen molar-refractivity contribution >= 4 is 5.97 Å². The number of likely N-dealkylation sites (N-methyl/N-ethyl adjacent to an activating group) is 1. The molecule has 1 fully saturated rings. The first-order valence-corrected chi connectivity index (χ1v) is 7.07. The molecule has 0 aliphatic carbocycles. The number of hydrogen-bond acceptors (Lipinski definition) is 4. The molecule has 3 unspecified atom stereocenters. The second-order valence-electron chi connectivity index (χ2n) is 5.51. The lowest BCUT2D eigenvalue weighted by molar-refractivity contribution is -0.143. The number of carboxylic acid groups (broad SMARTS) is 1. The van der Waals surface area contributed by atoms with Gasteiger partial charge in [0, 0.05) is 24.8 Å². The van der Waals surface area contributed by atoms with E-state index in [1.54, 1.807) is 0 Å². The Kier molecular flexibility index (Phi) is 4.77. The van der Waals surface area contributed by atoms with Crippen LogP contribution in [0, 0.1) is 5.92 Å². The van der Waals surface area contributed by atoms with Gasteiger partial charge in [-0.3, -0.25) is 14.4 Å². The minimum absolute atomic E-state index is 0.0822. The molecule has 2 heterocycles. The van der Waals surface area contributed by atoms with Gasteiger partial charge >= 0.3 is 5.97 Å². The molecule has 112 valence electrons. The van der Waals surface area contributed by atoms with Gasteiger partial charge in [0.1, 0.15) is 0 Å². The molecule has 6 nitrogen and oxygen atoms in total. The van der Waals surface area contributed by atoms with E-state index in [0.717, 1.165) is 12.1 Å². The van der Waals surface area contributed by atoms with E-state index < -0.39 is 11.9 Å². The second kappa shape index (κ2) is 6.37. The van der Waals surface area contributed by atoms with Gasteiger partial charge in [0.15, 0.2) is 0 Å². The van der Waals surface area contributed by atoms with E-state index in [9.17, 15) is 9.90 Å². The van der Waals surface area contributed by atoms with Crippen molar-refractivity contribution in [1.29, 1.82) is 0 Å². The third-order valence-electron chi connectivity index (χ3n) is 4.05. The van der Waals surface area contributed by atoms with Crippen LogP contribution in [0.1, 0.15) is 32.0 Å². The highest BCUT2D eigenvalue weighted by molar-refractivity contribution is 5.71. The fourth-order valence-electron chi connectivity index (χ4n) is 2.48. The van der Waals surface area contributed by atoms with E-state index in [1.165, 1.54) is 0 Å². The number of rotatable bonds is 6. The molecule has 0 bridgehead atoms. The van der Waals surface area contributed by atoms with Gasteiger partial charge in [0.05, 0.1) is 24.8 Å². The number of ether oxygens (including phenoxy) is 1. The first-order valence-electron chi connectivity index (χ1n) is 7.07. The van der Waals surface area contributed by atoms with Crippen LogP contribution < -0.4 is 0 Å². The van der Waals surface area contributed by atoms with Crippen LogP contribution in [-0.4, -0.2) is 52.1 Å². The lowest BCUT2D eigenvalue weighted by atomic mass is 10.0. The minimum atomic E-state index is -0.788. The Morgan fingerprint density at radius 2 is 2.40 bits per heavy atom. The molecule has 1 aromatic rings. The van der Waals surface area contributed by atoms with E-state index in [2.05, 4.69) is 18.9 Å². The summed E-state index contributed by atoms with van der Waals surface area (Å²) in [5.74, 6) is -1.24. The highest BCUT2D eigenvalue weighted by Crippen LogP contribution is 2.20. The average molecular weight is 281 g/mol. The summed E-state index contributed by atoms with van der Waals surface area (Å²) in [5, 5.41) is 13.7. The van der Waals surface area contributed by atoms with E-state index in [-0.39, 0.29) is 6.04 Å². The zero-order valence-corrected chi connectivity index (χ0v) is 12.3. The molecule has 1 aliphatic heterocycles. The Labute approximate surface area is 119 Å². The summed E-state index contributed by atoms with van der Waals surface area (Å²) >= 11 is 0. The number of aromatic nitrogens is 2. The average Bonchev–Trinajstić information content (AvgIpc) is 3.06. The summed E-state index contributed by atoms with van der Waals surface area (Å²) in [4.78, 5) is 13.2. The second-order valence-corrected chi connectivity index (χ2v) is 5.51. The maximum atomic E-state index is 11.2. The van der Waals surface area contributed by atoms with Gasteiger partial charge in [-0.05, 0) is 26.5 Å². The van der Waals surface area contributed by atoms with Crippen LogP contribution in [0.2, 0.25) is 0 Å². The fourth-order valence-corrected chi connectivity index (χ4v) is 2.48. The molecule has 6 heteroatoms. The third kappa shape index (κ3) is 3.19. The summed E-state index contributed by atoms with van der Waals surface area (Å²) in [5.41, 5.74) is 0.962. The maximum Gasteiger partial charge on any atom is 0.310 e. The molecule has 20 heavy (non-hydrogen) atoms. The van der Waals surface area contributed by atoms with Crippen LogP contribution in [0.25, 0.3) is 0 Å². The number of aliphatic carboxylic acids is 1. The molecule has 1 aromatic heterocycles. The summed E-state index contributed by atoms with van der Waals surface area (Å²) in [7, 11) is 1.93. The van der Waals surface area contributed by atoms with Gasteiger partial charge < -0.3 is 9.84 Å². The smallest absolute Gasteiger partial charge is 0.310 e. The van der Waals surface area contributed by atoms with Crippen LogP contribution in [0.3, 0.4) is 0 Å². The Hall–Kier alpha value is -1.40. The van der Waals surface area contributed by atoms with E-state index in [0.29, 0.717) is 25.8 Å². The minimum Gasteiger partial charge on any atom is -0.481 e. The van der Waals surface area contributed by atoms with Gasteiger partial charge in [-0.25, -0.2) is 0 Å². The summed E-state index contributed by atoms with van der Waals surface area (Å²) in [6.45, 7) is 5.67. The van der Waals surface area contributed by atoms with Crippen molar-refractivity contribution in [2.45, 2.75) is 38.9 Å². The molecule has 0 spiro atoms. The largest absolute Gasteiger partial charge is 0.481 e. The van der Waals surface area contributed by atoms with Crippen molar-refractivity contribution < 1.29 is 14.6 Å². The van der Waals surface area contributed by atoms with Gasteiger partial charge in [-0.15, -0.1) is 0 Å². The first-order chi connectivity index (χ1) is 9.52. The summed E-state index contributed by atoms with van der Waals surface area (Å²) in [6.07, 6.45) is 3.02. The third-order valence-corrected chi connectivity index (χ3v) is 4.05. The molecule has 0 radical (unpaired) electrons. The quantitative estimate of drug-likeness (QED) is 0.853. The Bertz CT molecular complexity index is 460. The molecular weight excluding hydrogens is 258 g/mol. The van der Waals surface area contributed by atoms with Crippen LogP contribution in [0.15, 0.2) is 12.3 Å². The van der Waals surface area contributed by atoms with Gasteiger partial charge in [0.25, 0.3) is 0 Å². The predicted molar refractivity (Wildman–Crippen MR) is 74.4 cm³/mol. The maximum absolute atomic E-state index is 11.2. The van der Waals surface area contributed by atoms with Crippen LogP contribution in [-0.2, 0) is 16.1 Å². The molecule has 0 amide bonds. The van der Waals surface area contributed by atoms with E-state index in [4.69, 9.17) is 4.74 Å². The first kappa shape index (κ1) is 15.0. The molecule has 1 saturated heterocycles. The highest BCUT2D eigenvalue weighted by atomic mass is 16.5. The number of carboxylic acids is 1. The van der Waals surface area contributed by atoms with Crippen molar-refractivity contribution in [2.24, 2.45) is 5.92 Å². The summed E-state index contributed by atoms with van der Waals surface area (Å²) < 4.78 is 7.26. The molecule has 3 atom stereocenters. The van der Waals surface area contributed by atoms with Crippen molar-refractivity contribution in [1.82, 2.24) is 14.7 Å². The van der Waals surface area contributed by atoms with Gasteiger partial charge in [-0.2, -0.15) is 5.10 Å². The fraction of sp³-hybridized carbons (Fsp3) is 0.714. The molecule has 1 N–H and O–H groups in total. The topological polar surface area (TPSA) is 67.6 Å². The number of hydrogen-bond donors (Lipinski definition) is 1. The van der Waals surface area contributed by atoms with Crippen LogP contribution >= 0.6 is 0 Å². The highest BCUT2D eigenvalue weighted by Gasteiger charge is 2.36. The Morgan fingerprint density at radius 1 is 1.65 bits per heavy atom. The normalized spacial score (nSPS) is 24.2. The number of nitrogens with zero attached hydrogens (tertiary/aromatic N) is 3. The van der Waals surface area contributed by atoms with Crippen LogP contribution in [0.5, 0.6) is 0 Å². The number of carbonyl (C=O) groups is 1. The van der Waals surface area contributed by atoms with Crippen molar-refractivity contribution in [2.75, 3.05) is 20.3 Å². The molecule has 0 aromatic carbocycles. The molecule has 2 rings (SSSR count). The van der Waals surface area contributed by atoms with Crippen molar-refractivity contribution in [3.63, 3.8) is 0 Å². The zero-order chi connectivity index (χ0) is 14.7. The van der Waals surface area contributed by atoms with Crippen molar-refractivity contribution in [3.05, 3.63) is 18.0 Å². The van der Waals surface area contributed by atoms with Crippen molar-refractivity contribution in [3.8, 4) is 0 Å². The molecular formula is C14H23N3O3. The Morgan fingerprint density at radius 3 is 3.05 bits per heavy atom. The molecule has 1 aliphatic rings. The lowest BCUT2D eigenvalue weighted by Crippen LogP contribution is -2.40. The molecule has 0 saturated carbocycles. The monoisotopic (exact) mass is 281 g/mol. The van der Waals surface area contributed by atoms with Gasteiger partial charge in [0.2, 0.25) is 0 Å². The van der Waals surface area contributed by atoms with Gasteiger partial charge in [-0.1, -0.05) is 6.92 Å². The standard InChI is InChI=1S/C14H23N3O3/c1-4-10(2)17-6-5-11(15-17)7-16(3)13-9-20-8-12(13)14(18)19/h5-6,10,12-13H,4,7-9H2,1-3H3,(H,18,19). The lowest BCUT2D eigenvalue weighted by Gasteiger charge is -2.25. The Balaban J connectivity index is 1.98. The predicted octanol–water partition coefficient (Wildman–Crippen LogP) is 1.39. The summed E-state index contributed by atoms with van der Waals surface area (Å²) in [6, 6.07) is 2.30. The SMILES string of the molecule is CCC(C)n1ccc(CN(C)C2COCC2C(=O)O)n1. The van der Waals surface area contributed by atoms with E-state index in [1.807, 2.05) is 28.9 Å². The van der Waals surface area contributed by atoms with E-state index >= 15 is 0 Å².